The smallest absolute Gasteiger partial charge is 0.364 e. The number of anilines is 1. The van der Waals surface area contributed by atoms with E-state index in [1.54, 1.807) is 0 Å². The molecule has 134 valence electrons. The zero-order chi connectivity index (χ0) is 18.0. The molecule has 1 aliphatic heterocycles. The van der Waals surface area contributed by atoms with Crippen LogP contribution < -0.4 is 11.1 Å². The second kappa shape index (κ2) is 6.81. The molecule has 3 N–H and O–H groups in total. The minimum absolute atomic E-state index is 0.112. The highest BCUT2D eigenvalue weighted by molar-refractivity contribution is 5.94. The first-order chi connectivity index (χ1) is 11.9. The van der Waals surface area contributed by atoms with Gasteiger partial charge in [-0.05, 0) is 37.1 Å². The Hall–Kier alpha value is -2.46. The van der Waals surface area contributed by atoms with Crippen LogP contribution in [0.25, 0.3) is 11.4 Å². The first-order valence-corrected chi connectivity index (χ1v) is 7.54. The predicted molar refractivity (Wildman–Crippen MR) is 80.3 cm³/mol. The fraction of sp³-hybridized carbons (Fsp3) is 0.400. The molecule has 1 aliphatic rings. The quantitative estimate of drug-likeness (QED) is 0.870. The van der Waals surface area contributed by atoms with Crippen LogP contribution in [-0.2, 0) is 15.7 Å². The molecule has 1 saturated heterocycles. The van der Waals surface area contributed by atoms with E-state index in [1.807, 2.05) is 0 Å². The third-order valence-electron chi connectivity index (χ3n) is 3.74. The van der Waals surface area contributed by atoms with Crippen LogP contribution in [0.4, 0.5) is 18.9 Å². The number of alkyl halides is 3. The normalized spacial score (nSPS) is 20.6. The van der Waals surface area contributed by atoms with Crippen LogP contribution in [0, 0.1) is 0 Å². The Kier molecular flexibility index (Phi) is 4.73. The van der Waals surface area contributed by atoms with E-state index in [1.165, 1.54) is 24.3 Å². The van der Waals surface area contributed by atoms with E-state index in [9.17, 15) is 18.0 Å². The number of nitrogens with one attached hydrogen (secondary N) is 1. The van der Waals surface area contributed by atoms with Gasteiger partial charge in [0.25, 0.3) is 5.91 Å². The molecule has 10 heteroatoms. The summed E-state index contributed by atoms with van der Waals surface area (Å²) in [5.74, 6) is -1.88. The van der Waals surface area contributed by atoms with Crippen LogP contribution in [0.2, 0.25) is 0 Å². The van der Waals surface area contributed by atoms with Crippen LogP contribution >= 0.6 is 0 Å². The van der Waals surface area contributed by atoms with Crippen LogP contribution in [0.3, 0.4) is 0 Å². The molecule has 3 rings (SSSR count). The predicted octanol–water partition coefficient (Wildman–Crippen LogP) is 2.20. The van der Waals surface area contributed by atoms with Gasteiger partial charge in [0.1, 0.15) is 6.10 Å². The van der Waals surface area contributed by atoms with Crippen molar-refractivity contribution in [2.45, 2.75) is 31.2 Å². The lowest BCUT2D eigenvalue weighted by Gasteiger charge is -2.12. The van der Waals surface area contributed by atoms with E-state index in [0.29, 0.717) is 24.2 Å². The molecule has 1 fully saturated rings. The highest BCUT2D eigenvalue weighted by Crippen LogP contribution is 2.29. The topological polar surface area (TPSA) is 103 Å². The Labute approximate surface area is 140 Å². The molecule has 0 radical (unpaired) electrons. The Bertz CT molecular complexity index is 745. The number of hydrogen-bond acceptors (Lipinski definition) is 6. The van der Waals surface area contributed by atoms with Crippen molar-refractivity contribution in [3.05, 3.63) is 30.2 Å². The molecule has 0 bridgehead atoms. The largest absolute Gasteiger partial charge is 0.471 e. The molecule has 0 unspecified atom stereocenters. The van der Waals surface area contributed by atoms with Crippen molar-refractivity contribution in [2.75, 3.05) is 11.9 Å². The zero-order valence-corrected chi connectivity index (χ0v) is 12.9. The van der Waals surface area contributed by atoms with Crippen molar-refractivity contribution in [2.24, 2.45) is 5.73 Å². The number of hydrogen-bond donors (Lipinski definition) is 2. The number of rotatable bonds is 4. The Balaban J connectivity index is 1.64. The third kappa shape index (κ3) is 3.97. The average molecular weight is 356 g/mol. The lowest BCUT2D eigenvalue weighted by molar-refractivity contribution is -0.159. The first kappa shape index (κ1) is 17.4. The van der Waals surface area contributed by atoms with Gasteiger partial charge in [-0.25, -0.2) is 0 Å². The average Bonchev–Trinajstić information content (AvgIpc) is 3.24. The van der Waals surface area contributed by atoms with Crippen molar-refractivity contribution in [3.63, 3.8) is 0 Å². The van der Waals surface area contributed by atoms with Crippen LogP contribution in [0.1, 0.15) is 18.7 Å². The summed E-state index contributed by atoms with van der Waals surface area (Å²) in [6.45, 7) is 0.364. The fourth-order valence-electron chi connectivity index (χ4n) is 2.45. The number of ether oxygens (including phenoxy) is 1. The van der Waals surface area contributed by atoms with Gasteiger partial charge in [-0.2, -0.15) is 18.2 Å². The second-order valence-electron chi connectivity index (χ2n) is 5.55. The van der Waals surface area contributed by atoms with Gasteiger partial charge in [0.05, 0.1) is 6.10 Å². The molecular weight excluding hydrogens is 341 g/mol. The van der Waals surface area contributed by atoms with Gasteiger partial charge in [0.2, 0.25) is 5.82 Å². The van der Waals surface area contributed by atoms with Gasteiger partial charge >= 0.3 is 12.1 Å². The fourth-order valence-corrected chi connectivity index (χ4v) is 2.45. The van der Waals surface area contributed by atoms with Crippen molar-refractivity contribution in [1.29, 1.82) is 0 Å². The van der Waals surface area contributed by atoms with E-state index < -0.39 is 18.2 Å². The molecule has 0 aliphatic carbocycles. The Morgan fingerprint density at radius 3 is 2.56 bits per heavy atom. The minimum atomic E-state index is -4.69. The van der Waals surface area contributed by atoms with Crippen molar-refractivity contribution in [1.82, 2.24) is 10.1 Å². The number of nitrogens with two attached hydrogens (primary N) is 1. The summed E-state index contributed by atoms with van der Waals surface area (Å²) >= 11 is 0. The van der Waals surface area contributed by atoms with E-state index >= 15 is 0 Å². The number of carbonyl (C=O) groups excluding carboxylic acids is 1. The molecule has 7 nitrogen and oxygen atoms in total. The highest BCUT2D eigenvalue weighted by atomic mass is 19.4. The van der Waals surface area contributed by atoms with Gasteiger partial charge < -0.3 is 20.3 Å². The summed E-state index contributed by atoms with van der Waals surface area (Å²) in [6.07, 6.45) is -4.04. The summed E-state index contributed by atoms with van der Waals surface area (Å²) in [6, 6.07) is 6.04. The SMILES string of the molecule is NC[C@H]1CC[C@@H](C(=O)Nc2ccc(-c3noc(C(F)(F)F)n3)cc2)O1. The van der Waals surface area contributed by atoms with Crippen molar-refractivity contribution >= 4 is 11.6 Å². The van der Waals surface area contributed by atoms with E-state index in [2.05, 4.69) is 20.0 Å². The maximum Gasteiger partial charge on any atom is 0.471 e. The number of amides is 1. The number of carbonyl (C=O) groups is 1. The van der Waals surface area contributed by atoms with Gasteiger partial charge in [0, 0.05) is 17.8 Å². The van der Waals surface area contributed by atoms with Gasteiger partial charge in [-0.3, -0.25) is 4.79 Å². The molecular formula is C15H15F3N4O3. The van der Waals surface area contributed by atoms with Crippen LogP contribution in [0.5, 0.6) is 0 Å². The standard InChI is InChI=1S/C15H15F3N4O3/c16-15(17,18)14-21-12(22-25-14)8-1-3-9(4-2-8)20-13(23)11-6-5-10(7-19)24-11/h1-4,10-11H,5-7,19H2,(H,20,23)/t10-,11+/m1/s1. The second-order valence-corrected chi connectivity index (χ2v) is 5.55. The number of aromatic nitrogens is 2. The van der Waals surface area contributed by atoms with E-state index in [0.717, 1.165) is 6.42 Å². The molecule has 1 aromatic heterocycles. The zero-order valence-electron chi connectivity index (χ0n) is 12.9. The van der Waals surface area contributed by atoms with Crippen LogP contribution in [-0.4, -0.2) is 34.8 Å². The molecule has 0 spiro atoms. The van der Waals surface area contributed by atoms with Gasteiger partial charge in [-0.1, -0.05) is 5.16 Å². The Morgan fingerprint density at radius 2 is 2.00 bits per heavy atom. The molecule has 2 heterocycles. The summed E-state index contributed by atoms with van der Waals surface area (Å²) < 4.78 is 47.1. The van der Waals surface area contributed by atoms with Crippen molar-refractivity contribution < 1.29 is 27.2 Å². The van der Waals surface area contributed by atoms with E-state index in [4.69, 9.17) is 10.5 Å². The third-order valence-corrected chi connectivity index (χ3v) is 3.74. The van der Waals surface area contributed by atoms with Crippen molar-refractivity contribution in [3.8, 4) is 11.4 Å². The molecule has 1 amide bonds. The van der Waals surface area contributed by atoms with E-state index in [-0.39, 0.29) is 17.8 Å². The first-order valence-electron chi connectivity index (χ1n) is 7.54. The van der Waals surface area contributed by atoms with Gasteiger partial charge in [0.15, 0.2) is 0 Å². The highest BCUT2D eigenvalue weighted by Gasteiger charge is 2.38. The maximum absolute atomic E-state index is 12.5. The van der Waals surface area contributed by atoms with Crippen LogP contribution in [0.15, 0.2) is 28.8 Å². The summed E-state index contributed by atoms with van der Waals surface area (Å²) in [5, 5.41) is 5.99. The lowest BCUT2D eigenvalue weighted by atomic mass is 10.1. The number of nitrogens with zero attached hydrogens (tertiary/aromatic N) is 2. The molecule has 2 atom stereocenters. The number of halogens is 3. The van der Waals surface area contributed by atoms with Gasteiger partial charge in [-0.15, -0.1) is 0 Å². The molecule has 1 aromatic carbocycles. The minimum Gasteiger partial charge on any atom is -0.364 e. The number of benzene rings is 1. The lowest BCUT2D eigenvalue weighted by Crippen LogP contribution is -2.29. The summed E-state index contributed by atoms with van der Waals surface area (Å²) in [4.78, 5) is 15.4. The molecule has 2 aromatic rings. The molecule has 25 heavy (non-hydrogen) atoms. The Morgan fingerprint density at radius 1 is 1.28 bits per heavy atom. The summed E-state index contributed by atoms with van der Waals surface area (Å²) in [5.41, 5.74) is 6.31. The summed E-state index contributed by atoms with van der Waals surface area (Å²) in [7, 11) is 0. The monoisotopic (exact) mass is 356 g/mol. The molecule has 0 saturated carbocycles. The maximum atomic E-state index is 12.5.